The lowest BCUT2D eigenvalue weighted by Crippen LogP contribution is -2.60. The fourth-order valence-electron chi connectivity index (χ4n) is 2.13. The van der Waals surface area contributed by atoms with E-state index in [1.165, 1.54) is 0 Å². The van der Waals surface area contributed by atoms with E-state index in [0.717, 1.165) is 0 Å². The van der Waals surface area contributed by atoms with Crippen molar-refractivity contribution in [3.05, 3.63) is 0 Å². The van der Waals surface area contributed by atoms with Crippen LogP contribution in [0.2, 0.25) is 0 Å². The summed E-state index contributed by atoms with van der Waals surface area (Å²) in [6.45, 7) is 10.4. The molecule has 0 saturated carbocycles. The molecular weight excluding hydrogens is 260 g/mol. The summed E-state index contributed by atoms with van der Waals surface area (Å²) in [6, 6.07) is 0. The topological polar surface area (TPSA) is 91.4 Å². The summed E-state index contributed by atoms with van der Waals surface area (Å²) >= 11 is 0. The number of rotatable bonds is 5. The van der Waals surface area contributed by atoms with Gasteiger partial charge in [-0.25, -0.2) is 0 Å². The predicted molar refractivity (Wildman–Crippen MR) is 76.7 cm³/mol. The van der Waals surface area contributed by atoms with Crippen LogP contribution in [0.25, 0.3) is 0 Å². The van der Waals surface area contributed by atoms with Crippen molar-refractivity contribution in [3.8, 4) is 0 Å². The summed E-state index contributed by atoms with van der Waals surface area (Å²) < 4.78 is 5.33. The fraction of sp³-hybridized carbons (Fsp3) is 0.846. The molecule has 0 aromatic rings. The van der Waals surface area contributed by atoms with Gasteiger partial charge in [0.1, 0.15) is 6.61 Å². The molecule has 7 heteroatoms. The van der Waals surface area contributed by atoms with Gasteiger partial charge in [-0.15, -0.1) is 0 Å². The van der Waals surface area contributed by atoms with Gasteiger partial charge in [-0.3, -0.25) is 9.69 Å². The minimum absolute atomic E-state index is 0.0138. The van der Waals surface area contributed by atoms with Crippen molar-refractivity contribution in [2.24, 2.45) is 10.9 Å². The highest BCUT2D eigenvalue weighted by Crippen LogP contribution is 2.17. The van der Waals surface area contributed by atoms with Gasteiger partial charge in [0.25, 0.3) is 0 Å². The third-order valence-corrected chi connectivity index (χ3v) is 3.70. The zero-order valence-corrected chi connectivity index (χ0v) is 12.8. The first-order chi connectivity index (χ1) is 9.28. The van der Waals surface area contributed by atoms with Crippen LogP contribution < -0.4 is 5.73 Å². The molecule has 1 heterocycles. The highest BCUT2D eigenvalue weighted by molar-refractivity contribution is 5.88. The third-order valence-electron chi connectivity index (χ3n) is 3.70. The summed E-state index contributed by atoms with van der Waals surface area (Å²) in [6.07, 6.45) is 0.0553. The Morgan fingerprint density at radius 3 is 2.35 bits per heavy atom. The van der Waals surface area contributed by atoms with Crippen molar-refractivity contribution >= 4 is 11.7 Å². The Labute approximate surface area is 120 Å². The molecule has 1 saturated heterocycles. The molecule has 1 aliphatic heterocycles. The fourth-order valence-corrected chi connectivity index (χ4v) is 2.13. The van der Waals surface area contributed by atoms with Gasteiger partial charge in [0, 0.05) is 26.2 Å². The van der Waals surface area contributed by atoms with Gasteiger partial charge in [-0.2, -0.15) is 0 Å². The van der Waals surface area contributed by atoms with E-state index in [1.807, 2.05) is 27.7 Å². The molecule has 116 valence electrons. The molecule has 1 aliphatic rings. The van der Waals surface area contributed by atoms with Crippen molar-refractivity contribution in [1.29, 1.82) is 0 Å². The van der Waals surface area contributed by atoms with Crippen LogP contribution in [0.4, 0.5) is 0 Å². The van der Waals surface area contributed by atoms with E-state index in [0.29, 0.717) is 26.2 Å². The normalized spacial score (nSPS) is 18.6. The number of carbonyl (C=O) groups is 1. The molecule has 1 rings (SSSR count). The molecule has 0 bridgehead atoms. The van der Waals surface area contributed by atoms with Gasteiger partial charge in [0.2, 0.25) is 5.91 Å². The molecule has 0 unspecified atom stereocenters. The molecule has 20 heavy (non-hydrogen) atoms. The molecule has 0 spiro atoms. The minimum atomic E-state index is -0.516. The van der Waals surface area contributed by atoms with Crippen molar-refractivity contribution in [2.45, 2.75) is 39.3 Å². The summed E-state index contributed by atoms with van der Waals surface area (Å²) in [5.74, 6) is 0.195. The van der Waals surface area contributed by atoms with E-state index in [4.69, 9.17) is 15.7 Å². The second-order valence-electron chi connectivity index (χ2n) is 5.77. The van der Waals surface area contributed by atoms with Gasteiger partial charge in [0.05, 0.1) is 11.6 Å². The molecule has 0 aromatic heterocycles. The number of nitrogens with zero attached hydrogens (tertiary/aromatic N) is 3. The highest BCUT2D eigenvalue weighted by atomic mass is 16.5. The van der Waals surface area contributed by atoms with Gasteiger partial charge in [0.15, 0.2) is 5.84 Å². The van der Waals surface area contributed by atoms with Crippen LogP contribution in [-0.4, -0.2) is 71.2 Å². The van der Waals surface area contributed by atoms with Gasteiger partial charge >= 0.3 is 0 Å². The smallest absolute Gasteiger partial charge is 0.248 e. The number of amides is 1. The van der Waals surface area contributed by atoms with Crippen molar-refractivity contribution in [2.75, 3.05) is 32.8 Å². The first kappa shape index (κ1) is 16.7. The Balaban J connectivity index is 2.49. The molecule has 3 N–H and O–H groups in total. The standard InChI is InChI=1S/C13H26N4O3/c1-10(2)20-9-11(18)16-5-7-17(8-6-16)13(3,4)12(14)15-19/h10,19H,5-9H2,1-4H3,(H2,14,15). The maximum absolute atomic E-state index is 11.9. The number of carbonyl (C=O) groups excluding carboxylic acids is 1. The molecule has 0 aromatic carbocycles. The number of oxime groups is 1. The van der Waals surface area contributed by atoms with Crippen LogP contribution in [0.1, 0.15) is 27.7 Å². The third kappa shape index (κ3) is 4.08. The Kier molecular flexibility index (Phi) is 5.76. The molecule has 1 fully saturated rings. The molecule has 0 aliphatic carbocycles. The Morgan fingerprint density at radius 2 is 1.90 bits per heavy atom. The lowest BCUT2D eigenvalue weighted by Gasteiger charge is -2.43. The maximum atomic E-state index is 11.9. The molecule has 1 amide bonds. The van der Waals surface area contributed by atoms with Crippen LogP contribution in [0.5, 0.6) is 0 Å². The Morgan fingerprint density at radius 1 is 1.35 bits per heavy atom. The van der Waals surface area contributed by atoms with Crippen LogP contribution >= 0.6 is 0 Å². The number of hydrogen-bond donors (Lipinski definition) is 2. The zero-order valence-electron chi connectivity index (χ0n) is 12.8. The van der Waals surface area contributed by atoms with E-state index in [2.05, 4.69) is 10.1 Å². The van der Waals surface area contributed by atoms with E-state index >= 15 is 0 Å². The number of ether oxygens (including phenoxy) is 1. The lowest BCUT2D eigenvalue weighted by molar-refractivity contribution is -0.139. The monoisotopic (exact) mass is 286 g/mol. The number of nitrogens with two attached hydrogens (primary N) is 1. The number of piperazine rings is 1. The first-order valence-electron chi connectivity index (χ1n) is 6.91. The second-order valence-corrected chi connectivity index (χ2v) is 5.77. The number of hydrogen-bond acceptors (Lipinski definition) is 5. The summed E-state index contributed by atoms with van der Waals surface area (Å²) in [5.41, 5.74) is 5.20. The van der Waals surface area contributed by atoms with E-state index < -0.39 is 5.54 Å². The van der Waals surface area contributed by atoms with Crippen LogP contribution in [0, 0.1) is 0 Å². The minimum Gasteiger partial charge on any atom is -0.409 e. The second kappa shape index (κ2) is 6.90. The van der Waals surface area contributed by atoms with Gasteiger partial charge in [-0.05, 0) is 27.7 Å². The van der Waals surface area contributed by atoms with E-state index in [1.54, 1.807) is 4.90 Å². The summed E-state index contributed by atoms with van der Waals surface area (Å²) in [5, 5.41) is 11.9. The average molecular weight is 286 g/mol. The quantitative estimate of drug-likeness (QED) is 0.323. The van der Waals surface area contributed by atoms with E-state index in [9.17, 15) is 4.79 Å². The molecule has 7 nitrogen and oxygen atoms in total. The Bertz CT molecular complexity index is 361. The average Bonchev–Trinajstić information content (AvgIpc) is 2.43. The lowest BCUT2D eigenvalue weighted by atomic mass is 10.0. The van der Waals surface area contributed by atoms with Gasteiger partial charge in [-0.1, -0.05) is 5.16 Å². The van der Waals surface area contributed by atoms with Gasteiger partial charge < -0.3 is 20.6 Å². The zero-order chi connectivity index (χ0) is 15.3. The van der Waals surface area contributed by atoms with E-state index in [-0.39, 0.29) is 24.5 Å². The predicted octanol–water partition coefficient (Wildman–Crippen LogP) is 0.0806. The first-order valence-corrected chi connectivity index (χ1v) is 6.91. The van der Waals surface area contributed by atoms with Crippen LogP contribution in [-0.2, 0) is 9.53 Å². The maximum Gasteiger partial charge on any atom is 0.248 e. The molecular formula is C13H26N4O3. The SMILES string of the molecule is CC(C)OCC(=O)N1CCN(C(C)(C)C(N)=NO)CC1. The van der Waals surface area contributed by atoms with Crippen LogP contribution in [0.3, 0.4) is 0 Å². The van der Waals surface area contributed by atoms with Crippen molar-refractivity contribution in [1.82, 2.24) is 9.80 Å². The molecule has 0 atom stereocenters. The molecule has 0 radical (unpaired) electrons. The van der Waals surface area contributed by atoms with Crippen molar-refractivity contribution < 1.29 is 14.7 Å². The largest absolute Gasteiger partial charge is 0.409 e. The highest BCUT2D eigenvalue weighted by Gasteiger charge is 2.34. The summed E-state index contributed by atoms with van der Waals surface area (Å²) in [4.78, 5) is 15.8. The Hall–Kier alpha value is -1.34. The number of amidine groups is 1. The van der Waals surface area contributed by atoms with Crippen molar-refractivity contribution in [3.63, 3.8) is 0 Å². The summed E-state index contributed by atoms with van der Waals surface area (Å²) in [7, 11) is 0. The van der Waals surface area contributed by atoms with Crippen LogP contribution in [0.15, 0.2) is 5.16 Å².